The van der Waals surface area contributed by atoms with Gasteiger partial charge < -0.3 is 5.73 Å². The van der Waals surface area contributed by atoms with Gasteiger partial charge in [-0.15, -0.1) is 0 Å². The molecule has 0 aromatic carbocycles. The molecule has 19 heavy (non-hydrogen) atoms. The van der Waals surface area contributed by atoms with Crippen molar-refractivity contribution in [3.05, 3.63) is 6.20 Å². The molecule has 3 N–H and O–H groups in total. The van der Waals surface area contributed by atoms with Crippen molar-refractivity contribution in [1.29, 1.82) is 0 Å². The minimum absolute atomic E-state index is 0.110. The first kappa shape index (κ1) is 15.9. The SMILES string of the molecule is CCn1cc(S(=O)(=O)NC(C)CS(C)(=O)=O)c(N)n1. The summed E-state index contributed by atoms with van der Waals surface area (Å²) in [4.78, 5) is -0.144. The van der Waals surface area contributed by atoms with Gasteiger partial charge in [0.2, 0.25) is 10.0 Å². The Labute approximate surface area is 113 Å². The molecule has 1 rings (SSSR count). The first-order valence-corrected chi connectivity index (χ1v) is 9.12. The lowest BCUT2D eigenvalue weighted by molar-refractivity contribution is 0.564. The molecule has 0 aliphatic rings. The highest BCUT2D eigenvalue weighted by molar-refractivity contribution is 7.91. The number of nitrogens with two attached hydrogens (primary N) is 1. The minimum atomic E-state index is -3.87. The summed E-state index contributed by atoms with van der Waals surface area (Å²) < 4.78 is 50.0. The summed E-state index contributed by atoms with van der Waals surface area (Å²) >= 11 is 0. The van der Waals surface area contributed by atoms with Crippen LogP contribution < -0.4 is 10.5 Å². The number of hydrogen-bond donors (Lipinski definition) is 2. The van der Waals surface area contributed by atoms with Gasteiger partial charge in [-0.25, -0.2) is 21.6 Å². The number of aryl methyl sites for hydroxylation is 1. The molecule has 0 spiro atoms. The molecule has 1 aromatic heterocycles. The van der Waals surface area contributed by atoms with E-state index in [4.69, 9.17) is 5.73 Å². The van der Waals surface area contributed by atoms with Crippen molar-refractivity contribution in [2.24, 2.45) is 0 Å². The first-order valence-electron chi connectivity index (χ1n) is 5.58. The fraction of sp³-hybridized carbons (Fsp3) is 0.667. The highest BCUT2D eigenvalue weighted by Gasteiger charge is 2.24. The molecule has 0 aliphatic heterocycles. The molecule has 10 heteroatoms. The molecule has 0 radical (unpaired) electrons. The number of rotatable bonds is 6. The summed E-state index contributed by atoms with van der Waals surface area (Å²) in [5.74, 6) is -0.394. The lowest BCUT2D eigenvalue weighted by atomic mass is 10.4. The maximum atomic E-state index is 12.0. The van der Waals surface area contributed by atoms with Crippen LogP contribution in [0.3, 0.4) is 0 Å². The Kier molecular flexibility index (Phi) is 4.59. The average Bonchev–Trinajstić information content (AvgIpc) is 2.56. The van der Waals surface area contributed by atoms with Crippen molar-refractivity contribution in [3.8, 4) is 0 Å². The summed E-state index contributed by atoms with van der Waals surface area (Å²) in [5.41, 5.74) is 5.54. The smallest absolute Gasteiger partial charge is 0.246 e. The minimum Gasteiger partial charge on any atom is -0.381 e. The van der Waals surface area contributed by atoms with Gasteiger partial charge in [0.05, 0.1) is 5.75 Å². The average molecular weight is 310 g/mol. The fourth-order valence-electron chi connectivity index (χ4n) is 1.60. The second kappa shape index (κ2) is 5.47. The maximum absolute atomic E-state index is 12.0. The lowest BCUT2D eigenvalue weighted by Gasteiger charge is -2.12. The van der Waals surface area contributed by atoms with Crippen LogP contribution in [-0.4, -0.2) is 44.7 Å². The van der Waals surface area contributed by atoms with Crippen molar-refractivity contribution >= 4 is 25.7 Å². The number of anilines is 1. The van der Waals surface area contributed by atoms with Gasteiger partial charge in [-0.05, 0) is 13.8 Å². The van der Waals surface area contributed by atoms with Crippen molar-refractivity contribution in [2.75, 3.05) is 17.7 Å². The summed E-state index contributed by atoms with van der Waals surface area (Å²) in [6.07, 6.45) is 2.35. The Bertz CT molecular complexity index is 648. The van der Waals surface area contributed by atoms with E-state index in [1.54, 1.807) is 6.92 Å². The van der Waals surface area contributed by atoms with Crippen LogP contribution in [-0.2, 0) is 26.4 Å². The van der Waals surface area contributed by atoms with E-state index in [1.165, 1.54) is 17.8 Å². The van der Waals surface area contributed by atoms with Crippen LogP contribution in [0.15, 0.2) is 11.1 Å². The second-order valence-electron chi connectivity index (χ2n) is 4.35. The number of nitrogens with zero attached hydrogens (tertiary/aromatic N) is 2. The van der Waals surface area contributed by atoms with Crippen molar-refractivity contribution in [3.63, 3.8) is 0 Å². The third kappa shape index (κ3) is 4.48. The number of sulfone groups is 1. The van der Waals surface area contributed by atoms with E-state index in [0.29, 0.717) is 6.54 Å². The number of nitrogens with one attached hydrogen (secondary N) is 1. The van der Waals surface area contributed by atoms with E-state index >= 15 is 0 Å². The Morgan fingerprint density at radius 2 is 2.00 bits per heavy atom. The maximum Gasteiger partial charge on any atom is 0.246 e. The van der Waals surface area contributed by atoms with E-state index in [-0.39, 0.29) is 16.5 Å². The largest absolute Gasteiger partial charge is 0.381 e. The fourth-order valence-corrected chi connectivity index (χ4v) is 4.02. The molecule has 110 valence electrons. The molecule has 1 aromatic rings. The molecule has 0 aliphatic carbocycles. The van der Waals surface area contributed by atoms with E-state index in [1.807, 2.05) is 0 Å². The van der Waals surface area contributed by atoms with Crippen LogP contribution >= 0.6 is 0 Å². The third-order valence-electron chi connectivity index (χ3n) is 2.28. The van der Waals surface area contributed by atoms with Crippen LogP contribution in [0.25, 0.3) is 0 Å². The molecule has 0 amide bonds. The number of hydrogen-bond acceptors (Lipinski definition) is 6. The van der Waals surface area contributed by atoms with Crippen LogP contribution in [0.1, 0.15) is 13.8 Å². The molecule has 0 saturated carbocycles. The Balaban J connectivity index is 2.95. The van der Waals surface area contributed by atoms with Gasteiger partial charge in [0, 0.05) is 25.0 Å². The number of sulfonamides is 1. The molecule has 8 nitrogen and oxygen atoms in total. The lowest BCUT2D eigenvalue weighted by Crippen LogP contribution is -2.37. The van der Waals surface area contributed by atoms with Gasteiger partial charge in [0.15, 0.2) is 5.82 Å². The number of nitrogen functional groups attached to an aromatic ring is 1. The van der Waals surface area contributed by atoms with Gasteiger partial charge in [0.25, 0.3) is 0 Å². The topological polar surface area (TPSA) is 124 Å². The molecular formula is C9H18N4O4S2. The zero-order valence-corrected chi connectivity index (χ0v) is 12.6. The van der Waals surface area contributed by atoms with Crippen LogP contribution in [0.4, 0.5) is 5.82 Å². The zero-order valence-electron chi connectivity index (χ0n) is 11.0. The molecule has 1 atom stereocenters. The van der Waals surface area contributed by atoms with Gasteiger partial charge in [0.1, 0.15) is 14.7 Å². The molecule has 1 heterocycles. The molecule has 0 saturated heterocycles. The monoisotopic (exact) mass is 310 g/mol. The highest BCUT2D eigenvalue weighted by Crippen LogP contribution is 2.16. The third-order valence-corrected chi connectivity index (χ3v) is 4.99. The van der Waals surface area contributed by atoms with Crippen LogP contribution in [0.2, 0.25) is 0 Å². The first-order chi connectivity index (χ1) is 8.55. The molecule has 0 bridgehead atoms. The van der Waals surface area contributed by atoms with E-state index in [0.717, 1.165) is 6.26 Å². The second-order valence-corrected chi connectivity index (χ2v) is 8.22. The molecule has 0 fully saturated rings. The van der Waals surface area contributed by atoms with E-state index < -0.39 is 25.9 Å². The zero-order chi connectivity index (χ0) is 14.8. The normalized spacial score (nSPS) is 14.5. The Morgan fingerprint density at radius 1 is 1.42 bits per heavy atom. The van der Waals surface area contributed by atoms with E-state index in [2.05, 4.69) is 9.82 Å². The molecular weight excluding hydrogens is 292 g/mol. The summed E-state index contributed by atoms with van der Waals surface area (Å²) in [7, 11) is -7.14. The summed E-state index contributed by atoms with van der Waals surface area (Å²) in [6.45, 7) is 3.75. The van der Waals surface area contributed by atoms with Crippen molar-refractivity contribution in [2.45, 2.75) is 31.3 Å². The molecule has 1 unspecified atom stereocenters. The van der Waals surface area contributed by atoms with Gasteiger partial charge in [-0.2, -0.15) is 5.10 Å². The van der Waals surface area contributed by atoms with Crippen molar-refractivity contribution in [1.82, 2.24) is 14.5 Å². The predicted molar refractivity (Wildman–Crippen MR) is 71.8 cm³/mol. The van der Waals surface area contributed by atoms with Crippen LogP contribution in [0.5, 0.6) is 0 Å². The Morgan fingerprint density at radius 3 is 2.42 bits per heavy atom. The summed E-state index contributed by atoms with van der Waals surface area (Å²) in [5, 5.41) is 3.83. The Hall–Kier alpha value is -1.13. The standard InChI is InChI=1S/C9H18N4O4S2/c1-4-13-5-8(9(10)11-13)19(16,17)12-7(2)6-18(3,14)15/h5,7,12H,4,6H2,1-3H3,(H2,10,11). The van der Waals surface area contributed by atoms with Crippen molar-refractivity contribution < 1.29 is 16.8 Å². The van der Waals surface area contributed by atoms with Crippen LogP contribution in [0, 0.1) is 0 Å². The van der Waals surface area contributed by atoms with Gasteiger partial charge in [-0.3, -0.25) is 4.68 Å². The highest BCUT2D eigenvalue weighted by atomic mass is 32.2. The van der Waals surface area contributed by atoms with Gasteiger partial charge >= 0.3 is 0 Å². The van der Waals surface area contributed by atoms with E-state index in [9.17, 15) is 16.8 Å². The van der Waals surface area contributed by atoms with Gasteiger partial charge in [-0.1, -0.05) is 0 Å². The quantitative estimate of drug-likeness (QED) is 0.708. The number of aromatic nitrogens is 2. The summed E-state index contributed by atoms with van der Waals surface area (Å²) in [6, 6.07) is -0.746. The predicted octanol–water partition coefficient (Wildman–Crippen LogP) is -0.803.